The van der Waals surface area contributed by atoms with Crippen LogP contribution in [-0.2, 0) is 33.5 Å². The third kappa shape index (κ3) is 11.5. The van der Waals surface area contributed by atoms with Crippen LogP contribution in [0.15, 0.2) is 30.3 Å². The molecule has 14 heteroatoms. The number of carbonyl (C=O) groups is 7. The Morgan fingerprint density at radius 2 is 1.55 bits per heavy atom. The molecule has 53 heavy (non-hydrogen) atoms. The van der Waals surface area contributed by atoms with Crippen molar-refractivity contribution in [3.8, 4) is 0 Å². The number of ketones is 1. The van der Waals surface area contributed by atoms with Crippen molar-refractivity contribution in [2.45, 2.75) is 118 Å². The van der Waals surface area contributed by atoms with Crippen LogP contribution >= 0.6 is 0 Å². The maximum Gasteiger partial charge on any atom is 0.408 e. The maximum absolute atomic E-state index is 14.3. The van der Waals surface area contributed by atoms with Crippen LogP contribution in [0, 0.1) is 22.7 Å². The van der Waals surface area contributed by atoms with E-state index in [-0.39, 0.29) is 29.6 Å². The van der Waals surface area contributed by atoms with Gasteiger partial charge in [-0.05, 0) is 68.3 Å². The minimum absolute atomic E-state index is 0.0214. The number of rotatable bonds is 13. The van der Waals surface area contributed by atoms with E-state index in [1.807, 2.05) is 20.8 Å². The second kappa shape index (κ2) is 17.1. The number of alkyl carbamates (subject to hydrolysis) is 1. The summed E-state index contributed by atoms with van der Waals surface area (Å²) in [5.41, 5.74) is -1.05. The molecular formula is C39H60N6O8. The molecule has 0 aromatic heterocycles. The molecule has 4 N–H and O–H groups in total. The average Bonchev–Trinajstić information content (AvgIpc) is 3.54. The van der Waals surface area contributed by atoms with Crippen molar-refractivity contribution in [2.24, 2.45) is 22.7 Å². The van der Waals surface area contributed by atoms with Gasteiger partial charge in [-0.3, -0.25) is 28.8 Å². The predicted molar refractivity (Wildman–Crippen MR) is 199 cm³/mol. The average molecular weight is 741 g/mol. The van der Waals surface area contributed by atoms with Crippen LogP contribution < -0.4 is 21.3 Å². The molecule has 0 spiro atoms. The lowest BCUT2D eigenvalue weighted by Gasteiger charge is -2.37. The highest BCUT2D eigenvalue weighted by atomic mass is 16.6. The molecule has 0 bridgehead atoms. The molecule has 294 valence electrons. The summed E-state index contributed by atoms with van der Waals surface area (Å²) in [6, 6.07) is 4.47. The van der Waals surface area contributed by atoms with Gasteiger partial charge in [0.2, 0.25) is 29.4 Å². The summed E-state index contributed by atoms with van der Waals surface area (Å²) in [5.74, 6) is -4.23. The summed E-state index contributed by atoms with van der Waals surface area (Å²) < 4.78 is 5.46. The molecule has 4 unspecified atom stereocenters. The normalized spacial score (nSPS) is 21.0. The summed E-state index contributed by atoms with van der Waals surface area (Å²) in [5, 5.41) is 10.5. The first-order chi connectivity index (χ1) is 24.5. The monoisotopic (exact) mass is 740 g/mol. The van der Waals surface area contributed by atoms with E-state index in [1.54, 1.807) is 72.1 Å². The van der Waals surface area contributed by atoms with Gasteiger partial charge in [0.05, 0.1) is 12.6 Å². The SMILES string of the molecule is CCCC(NC(=O)[C@@H]1C2CC(C)(C)CC2CN1C(=O)[C@@H](NC(=O)OC(C)(C)C)C(C)(C)C)C(=O)C(=O)NCC(=O)NC(C(=O)N(C)C)c1ccccc1. The van der Waals surface area contributed by atoms with Crippen molar-refractivity contribution in [2.75, 3.05) is 27.2 Å². The molecule has 6 atom stereocenters. The molecule has 1 saturated heterocycles. The highest BCUT2D eigenvalue weighted by molar-refractivity contribution is 6.38. The molecule has 0 radical (unpaired) electrons. The predicted octanol–water partition coefficient (Wildman–Crippen LogP) is 3.10. The zero-order chi connectivity index (χ0) is 40.1. The van der Waals surface area contributed by atoms with Gasteiger partial charge in [-0.25, -0.2) is 4.79 Å². The van der Waals surface area contributed by atoms with Gasteiger partial charge in [0.25, 0.3) is 5.91 Å². The van der Waals surface area contributed by atoms with Gasteiger partial charge >= 0.3 is 6.09 Å². The highest BCUT2D eigenvalue weighted by Crippen LogP contribution is 2.51. The molecule has 6 amide bonds. The number of carbonyl (C=O) groups excluding carboxylic acids is 7. The van der Waals surface area contributed by atoms with Crippen LogP contribution in [0.2, 0.25) is 0 Å². The third-order valence-electron chi connectivity index (χ3n) is 9.68. The largest absolute Gasteiger partial charge is 0.444 e. The van der Waals surface area contributed by atoms with Gasteiger partial charge in [-0.2, -0.15) is 0 Å². The molecule has 1 aromatic carbocycles. The summed E-state index contributed by atoms with van der Waals surface area (Å²) in [6.45, 7) is 16.4. The van der Waals surface area contributed by atoms with Gasteiger partial charge in [0.1, 0.15) is 23.7 Å². The number of hydrogen-bond acceptors (Lipinski definition) is 8. The second-order valence-electron chi connectivity index (χ2n) is 17.4. The van der Waals surface area contributed by atoms with Crippen molar-refractivity contribution < 1.29 is 38.3 Å². The van der Waals surface area contributed by atoms with Gasteiger partial charge in [-0.15, -0.1) is 0 Å². The van der Waals surface area contributed by atoms with Gasteiger partial charge in [0, 0.05) is 20.6 Å². The lowest BCUT2D eigenvalue weighted by atomic mass is 9.84. The highest BCUT2D eigenvalue weighted by Gasteiger charge is 2.56. The Hall–Kier alpha value is -4.49. The molecule has 2 fully saturated rings. The fourth-order valence-corrected chi connectivity index (χ4v) is 7.34. The van der Waals surface area contributed by atoms with Gasteiger partial charge < -0.3 is 35.8 Å². The van der Waals surface area contributed by atoms with Crippen LogP contribution in [0.1, 0.15) is 99.6 Å². The van der Waals surface area contributed by atoms with Crippen LogP contribution in [-0.4, -0.2) is 102 Å². The van der Waals surface area contributed by atoms with Crippen molar-refractivity contribution in [1.82, 2.24) is 31.1 Å². The van der Waals surface area contributed by atoms with Crippen LogP contribution in [0.4, 0.5) is 4.79 Å². The summed E-state index contributed by atoms with van der Waals surface area (Å²) in [6.07, 6.45) is 1.30. The number of likely N-dealkylation sites (N-methyl/N-ethyl adjacent to an activating group) is 1. The molecule has 1 saturated carbocycles. The molecule has 2 aliphatic rings. The number of fused-ring (bicyclic) bond motifs is 1. The minimum Gasteiger partial charge on any atom is -0.444 e. The van der Waals surface area contributed by atoms with E-state index in [9.17, 15) is 33.6 Å². The van der Waals surface area contributed by atoms with E-state index in [0.29, 0.717) is 24.9 Å². The topological polar surface area (TPSA) is 183 Å². The summed E-state index contributed by atoms with van der Waals surface area (Å²) in [4.78, 5) is 96.6. The molecular weight excluding hydrogens is 680 g/mol. The number of likely N-dealkylation sites (tertiary alicyclic amines) is 1. The molecule has 1 aromatic rings. The van der Waals surface area contributed by atoms with Crippen molar-refractivity contribution in [1.29, 1.82) is 0 Å². The fraction of sp³-hybridized carbons (Fsp3) is 0.667. The zero-order valence-electron chi connectivity index (χ0n) is 33.3. The smallest absolute Gasteiger partial charge is 0.408 e. The number of nitrogens with zero attached hydrogens (tertiary/aromatic N) is 2. The third-order valence-corrected chi connectivity index (χ3v) is 9.68. The molecule has 1 aliphatic carbocycles. The van der Waals surface area contributed by atoms with Crippen LogP contribution in [0.25, 0.3) is 0 Å². The Balaban J connectivity index is 1.78. The minimum atomic E-state index is -1.22. The summed E-state index contributed by atoms with van der Waals surface area (Å²) in [7, 11) is 3.12. The van der Waals surface area contributed by atoms with Gasteiger partial charge in [0.15, 0.2) is 0 Å². The van der Waals surface area contributed by atoms with Crippen LogP contribution in [0.5, 0.6) is 0 Å². The van der Waals surface area contributed by atoms with E-state index in [4.69, 9.17) is 4.74 Å². The number of benzene rings is 1. The van der Waals surface area contributed by atoms with Crippen LogP contribution in [0.3, 0.4) is 0 Å². The first-order valence-corrected chi connectivity index (χ1v) is 18.4. The number of amides is 6. The number of nitrogens with one attached hydrogen (secondary N) is 4. The van der Waals surface area contributed by atoms with E-state index in [2.05, 4.69) is 35.1 Å². The summed E-state index contributed by atoms with van der Waals surface area (Å²) >= 11 is 0. The standard InChI is InChI=1S/C39H60N6O8/c1-12-16-26(30(47)33(49)40-21-27(46)42-28(34(50)44(10)11)23-17-14-13-15-18-23)41-32(48)29-25-20-39(8,9)19-24(25)22-45(29)35(51)31(37(2,3)4)43-36(52)53-38(5,6)7/h13-15,17-18,24-26,28-29,31H,12,16,19-22H2,1-11H3,(H,40,49)(H,41,48)(H,42,46)(H,43,52)/t24?,25?,26?,28?,29-,31+/m0/s1. The lowest BCUT2D eigenvalue weighted by molar-refractivity contribution is -0.145. The second-order valence-corrected chi connectivity index (χ2v) is 17.4. The number of hydrogen-bond donors (Lipinski definition) is 4. The lowest BCUT2D eigenvalue weighted by Crippen LogP contribution is -2.60. The van der Waals surface area contributed by atoms with Gasteiger partial charge in [-0.1, -0.05) is 78.3 Å². The fourth-order valence-electron chi connectivity index (χ4n) is 7.34. The quantitative estimate of drug-likeness (QED) is 0.223. The number of ether oxygens (including phenoxy) is 1. The Kier molecular flexibility index (Phi) is 13.9. The zero-order valence-corrected chi connectivity index (χ0v) is 33.3. The van der Waals surface area contributed by atoms with E-state index in [1.165, 1.54) is 9.80 Å². The Morgan fingerprint density at radius 1 is 0.925 bits per heavy atom. The number of Topliss-reactive ketones (excluding diaryl/α,β-unsaturated/α-hetero) is 1. The van der Waals surface area contributed by atoms with E-state index in [0.717, 1.165) is 6.42 Å². The van der Waals surface area contributed by atoms with E-state index >= 15 is 0 Å². The Morgan fingerprint density at radius 3 is 2.09 bits per heavy atom. The molecule has 3 rings (SSSR count). The Bertz CT molecular complexity index is 1530. The Labute approximate surface area is 313 Å². The van der Waals surface area contributed by atoms with Crippen molar-refractivity contribution in [3.05, 3.63) is 35.9 Å². The first kappa shape index (κ1) is 42.9. The molecule has 14 nitrogen and oxygen atoms in total. The molecule has 1 aliphatic heterocycles. The van der Waals surface area contributed by atoms with Crippen molar-refractivity contribution in [3.63, 3.8) is 0 Å². The molecule has 1 heterocycles. The first-order valence-electron chi connectivity index (χ1n) is 18.4. The maximum atomic E-state index is 14.3. The van der Waals surface area contributed by atoms with E-state index < -0.39 is 77.2 Å². The van der Waals surface area contributed by atoms with Crippen molar-refractivity contribution >= 4 is 41.4 Å².